The van der Waals surface area contributed by atoms with Gasteiger partial charge in [0.15, 0.2) is 0 Å². The molecule has 1 aromatic carbocycles. The van der Waals surface area contributed by atoms with Crippen molar-refractivity contribution in [2.24, 2.45) is 16.3 Å². The first-order valence-corrected chi connectivity index (χ1v) is 7.14. The van der Waals surface area contributed by atoms with Crippen LogP contribution in [-0.4, -0.2) is 17.6 Å². The zero-order valence-corrected chi connectivity index (χ0v) is 12.9. The van der Waals surface area contributed by atoms with Crippen LogP contribution in [0.2, 0.25) is 5.02 Å². The monoisotopic (exact) mass is 298 g/mol. The third kappa shape index (κ3) is 5.80. The molecule has 0 heterocycles. The predicted octanol–water partition coefficient (Wildman–Crippen LogP) is 3.80. The summed E-state index contributed by atoms with van der Waals surface area (Å²) in [5.41, 5.74) is 6.48. The first-order valence-electron chi connectivity index (χ1n) is 6.76. The van der Waals surface area contributed by atoms with Gasteiger partial charge in [-0.2, -0.15) is 0 Å². The summed E-state index contributed by atoms with van der Waals surface area (Å²) in [5.74, 6) is 0.277. The third-order valence-electron chi connectivity index (χ3n) is 3.32. The van der Waals surface area contributed by atoms with Crippen molar-refractivity contribution in [2.75, 3.05) is 6.61 Å². The van der Waals surface area contributed by atoms with E-state index in [2.05, 4.69) is 5.16 Å². The lowest BCUT2D eigenvalue weighted by Crippen LogP contribution is -2.31. The molecule has 0 saturated heterocycles. The maximum absolute atomic E-state index is 8.69. The van der Waals surface area contributed by atoms with Gasteiger partial charge in [0.1, 0.15) is 5.84 Å². The van der Waals surface area contributed by atoms with Crippen molar-refractivity contribution in [1.29, 1.82) is 0 Å². The lowest BCUT2D eigenvalue weighted by molar-refractivity contribution is 0.115. The molecule has 20 heavy (non-hydrogen) atoms. The third-order valence-corrected chi connectivity index (χ3v) is 3.58. The molecule has 3 N–H and O–H groups in total. The second-order valence-corrected chi connectivity index (χ2v) is 5.94. The van der Waals surface area contributed by atoms with Crippen molar-refractivity contribution in [3.63, 3.8) is 0 Å². The highest BCUT2D eigenvalue weighted by Gasteiger charge is 2.22. The van der Waals surface area contributed by atoms with Crippen LogP contribution in [0.15, 0.2) is 29.4 Å². The zero-order chi connectivity index (χ0) is 15.0. The standard InChI is InChI=1S/C15H23ClN2O2/c1-15(2,14(17)18-19)9-3-4-10-20-11-12-5-7-13(16)8-6-12/h5-8,19H,3-4,9-11H2,1-2H3,(H2,17,18). The molecule has 0 aliphatic carbocycles. The number of amidine groups is 1. The van der Waals surface area contributed by atoms with Gasteiger partial charge < -0.3 is 15.7 Å². The van der Waals surface area contributed by atoms with Crippen molar-refractivity contribution in [1.82, 2.24) is 0 Å². The summed E-state index contributed by atoms with van der Waals surface area (Å²) in [6.45, 7) is 5.24. The first-order chi connectivity index (χ1) is 9.45. The van der Waals surface area contributed by atoms with Gasteiger partial charge in [0, 0.05) is 17.0 Å². The topological polar surface area (TPSA) is 67.8 Å². The predicted molar refractivity (Wildman–Crippen MR) is 82.1 cm³/mol. The molecule has 112 valence electrons. The summed E-state index contributed by atoms with van der Waals surface area (Å²) in [5, 5.41) is 12.5. The maximum Gasteiger partial charge on any atom is 0.144 e. The molecule has 0 unspecified atom stereocenters. The number of nitrogens with zero attached hydrogens (tertiary/aromatic N) is 1. The van der Waals surface area contributed by atoms with E-state index in [-0.39, 0.29) is 11.3 Å². The maximum atomic E-state index is 8.69. The van der Waals surface area contributed by atoms with Crippen LogP contribution in [0.3, 0.4) is 0 Å². The van der Waals surface area contributed by atoms with Crippen LogP contribution < -0.4 is 5.73 Å². The molecule has 0 radical (unpaired) electrons. The Balaban J connectivity index is 2.15. The summed E-state index contributed by atoms with van der Waals surface area (Å²) in [6.07, 6.45) is 2.80. The van der Waals surface area contributed by atoms with Crippen molar-refractivity contribution in [3.05, 3.63) is 34.9 Å². The number of rotatable bonds is 8. The largest absolute Gasteiger partial charge is 0.409 e. The smallest absolute Gasteiger partial charge is 0.144 e. The molecule has 0 aromatic heterocycles. The van der Waals surface area contributed by atoms with Crippen LogP contribution in [0, 0.1) is 5.41 Å². The van der Waals surface area contributed by atoms with E-state index in [1.54, 1.807) is 0 Å². The molecular formula is C15H23ClN2O2. The van der Waals surface area contributed by atoms with Gasteiger partial charge in [0.2, 0.25) is 0 Å². The van der Waals surface area contributed by atoms with Crippen LogP contribution in [0.1, 0.15) is 38.7 Å². The van der Waals surface area contributed by atoms with Gasteiger partial charge in [0.05, 0.1) is 6.61 Å². The molecule has 1 rings (SSSR count). The van der Waals surface area contributed by atoms with Crippen molar-refractivity contribution >= 4 is 17.4 Å². The quantitative estimate of drug-likeness (QED) is 0.252. The van der Waals surface area contributed by atoms with E-state index in [1.807, 2.05) is 38.1 Å². The second-order valence-electron chi connectivity index (χ2n) is 5.51. The Morgan fingerprint density at radius 2 is 1.95 bits per heavy atom. The highest BCUT2D eigenvalue weighted by molar-refractivity contribution is 6.30. The number of ether oxygens (including phenoxy) is 1. The molecule has 1 aromatic rings. The van der Waals surface area contributed by atoms with Gasteiger partial charge in [-0.15, -0.1) is 0 Å². The Kier molecular flexibility index (Phi) is 6.82. The molecule has 4 nitrogen and oxygen atoms in total. The summed E-state index contributed by atoms with van der Waals surface area (Å²) in [7, 11) is 0. The minimum absolute atomic E-state index is 0.273. The van der Waals surface area contributed by atoms with Gasteiger partial charge in [-0.25, -0.2) is 0 Å². The van der Waals surface area contributed by atoms with Gasteiger partial charge in [0.25, 0.3) is 0 Å². The average molecular weight is 299 g/mol. The first kappa shape index (κ1) is 16.8. The van der Waals surface area contributed by atoms with E-state index >= 15 is 0 Å². The number of hydrogen-bond donors (Lipinski definition) is 2. The number of benzene rings is 1. The number of hydrogen-bond acceptors (Lipinski definition) is 3. The Bertz CT molecular complexity index is 430. The average Bonchev–Trinajstić information content (AvgIpc) is 2.43. The van der Waals surface area contributed by atoms with Crippen molar-refractivity contribution < 1.29 is 9.94 Å². The van der Waals surface area contributed by atoms with E-state index in [0.717, 1.165) is 29.8 Å². The zero-order valence-electron chi connectivity index (χ0n) is 12.1. The minimum Gasteiger partial charge on any atom is -0.409 e. The molecule has 0 spiro atoms. The number of nitrogens with two attached hydrogens (primary N) is 1. The molecule has 0 aliphatic rings. The molecule has 0 fully saturated rings. The summed E-state index contributed by atoms with van der Waals surface area (Å²) in [4.78, 5) is 0. The van der Waals surface area contributed by atoms with Crippen LogP contribution in [0.5, 0.6) is 0 Å². The molecule has 0 aliphatic heterocycles. The van der Waals surface area contributed by atoms with Gasteiger partial charge in [-0.1, -0.05) is 49.2 Å². The van der Waals surface area contributed by atoms with Gasteiger partial charge in [-0.05, 0) is 30.5 Å². The molecule has 0 bridgehead atoms. The molecule has 5 heteroatoms. The molecule has 0 amide bonds. The number of unbranched alkanes of at least 4 members (excludes halogenated alkanes) is 1. The van der Waals surface area contributed by atoms with E-state index in [0.29, 0.717) is 13.2 Å². The number of halogens is 1. The summed E-state index contributed by atoms with van der Waals surface area (Å²) >= 11 is 5.82. The highest BCUT2D eigenvalue weighted by Crippen LogP contribution is 2.23. The van der Waals surface area contributed by atoms with Crippen LogP contribution in [0.4, 0.5) is 0 Å². The van der Waals surface area contributed by atoms with E-state index < -0.39 is 0 Å². The summed E-state index contributed by atoms with van der Waals surface area (Å²) < 4.78 is 5.61. The van der Waals surface area contributed by atoms with Crippen molar-refractivity contribution in [2.45, 2.75) is 39.7 Å². The Morgan fingerprint density at radius 1 is 1.30 bits per heavy atom. The lowest BCUT2D eigenvalue weighted by atomic mass is 9.86. The molecule has 0 saturated carbocycles. The fourth-order valence-electron chi connectivity index (χ4n) is 1.81. The lowest BCUT2D eigenvalue weighted by Gasteiger charge is -2.22. The number of oxime groups is 1. The van der Waals surface area contributed by atoms with Gasteiger partial charge >= 0.3 is 0 Å². The normalized spacial score (nSPS) is 12.7. The van der Waals surface area contributed by atoms with Crippen LogP contribution in [-0.2, 0) is 11.3 Å². The highest BCUT2D eigenvalue weighted by atomic mass is 35.5. The second kappa shape index (κ2) is 8.12. The Hall–Kier alpha value is -1.26. The van der Waals surface area contributed by atoms with Gasteiger partial charge in [-0.3, -0.25) is 0 Å². The fourth-order valence-corrected chi connectivity index (χ4v) is 1.93. The fraction of sp³-hybridized carbons (Fsp3) is 0.533. The minimum atomic E-state index is -0.273. The van der Waals surface area contributed by atoms with E-state index in [4.69, 9.17) is 27.3 Å². The van der Waals surface area contributed by atoms with Crippen LogP contribution >= 0.6 is 11.6 Å². The molecule has 0 atom stereocenters. The van der Waals surface area contributed by atoms with E-state index in [1.165, 1.54) is 0 Å². The Labute approximate surface area is 125 Å². The van der Waals surface area contributed by atoms with Crippen LogP contribution in [0.25, 0.3) is 0 Å². The molecular weight excluding hydrogens is 276 g/mol. The Morgan fingerprint density at radius 3 is 2.55 bits per heavy atom. The van der Waals surface area contributed by atoms with Crippen molar-refractivity contribution in [3.8, 4) is 0 Å². The van der Waals surface area contributed by atoms with E-state index in [9.17, 15) is 0 Å². The SMILES string of the molecule is CC(C)(CCCCOCc1ccc(Cl)cc1)/C(N)=N/O. The summed E-state index contributed by atoms with van der Waals surface area (Å²) in [6, 6.07) is 7.65.